The Kier molecular flexibility index (Phi) is 7.29. The summed E-state index contributed by atoms with van der Waals surface area (Å²) in [5.74, 6) is 0.817. The van der Waals surface area contributed by atoms with E-state index in [9.17, 15) is 4.79 Å². The zero-order chi connectivity index (χ0) is 18.1. The number of nitrogens with zero attached hydrogens (tertiary/aromatic N) is 1. The average Bonchev–Trinajstić information content (AvgIpc) is 2.62. The maximum atomic E-state index is 12.2. The minimum Gasteiger partial charge on any atom is -0.494 e. The molecule has 0 unspecified atom stereocenters. The summed E-state index contributed by atoms with van der Waals surface area (Å²) < 4.78 is 5.59. The van der Waals surface area contributed by atoms with E-state index < -0.39 is 0 Å². The van der Waals surface area contributed by atoms with Gasteiger partial charge in [0.2, 0.25) is 5.91 Å². The molecule has 0 spiro atoms. The summed E-state index contributed by atoms with van der Waals surface area (Å²) in [5, 5.41) is 11.9. The van der Waals surface area contributed by atoms with Crippen molar-refractivity contribution in [3.8, 4) is 5.75 Å². The minimum atomic E-state index is -0.0252. The zero-order valence-electron chi connectivity index (χ0n) is 14.9. The van der Waals surface area contributed by atoms with Crippen LogP contribution in [0.25, 0.3) is 0 Å². The highest BCUT2D eigenvalue weighted by atomic mass is 16.5. The van der Waals surface area contributed by atoms with E-state index in [4.69, 9.17) is 9.84 Å². The third kappa shape index (κ3) is 5.80. The van der Waals surface area contributed by atoms with Gasteiger partial charge in [0.15, 0.2) is 0 Å². The molecule has 0 radical (unpaired) electrons. The minimum absolute atomic E-state index is 0.0252. The summed E-state index contributed by atoms with van der Waals surface area (Å²) in [6, 6.07) is 15.4. The normalized spacial score (nSPS) is 10.4. The van der Waals surface area contributed by atoms with E-state index >= 15 is 0 Å². The largest absolute Gasteiger partial charge is 0.494 e. The van der Waals surface area contributed by atoms with Gasteiger partial charge in [-0.15, -0.1) is 0 Å². The van der Waals surface area contributed by atoms with Gasteiger partial charge in [-0.2, -0.15) is 0 Å². The topological polar surface area (TPSA) is 61.8 Å². The summed E-state index contributed by atoms with van der Waals surface area (Å²) in [7, 11) is 1.92. The van der Waals surface area contributed by atoms with Gasteiger partial charge in [0, 0.05) is 31.4 Å². The van der Waals surface area contributed by atoms with Crippen molar-refractivity contribution in [1.82, 2.24) is 0 Å². The van der Waals surface area contributed by atoms with Crippen molar-refractivity contribution in [2.75, 3.05) is 37.0 Å². The molecule has 25 heavy (non-hydrogen) atoms. The summed E-state index contributed by atoms with van der Waals surface area (Å²) >= 11 is 0. The summed E-state index contributed by atoms with van der Waals surface area (Å²) in [6.45, 7) is 3.24. The smallest absolute Gasteiger partial charge is 0.224 e. The molecule has 0 aliphatic rings. The summed E-state index contributed by atoms with van der Waals surface area (Å²) in [4.78, 5) is 14.1. The van der Waals surface area contributed by atoms with Gasteiger partial charge in [-0.1, -0.05) is 18.2 Å². The molecule has 1 amide bonds. The molecule has 0 aliphatic heterocycles. The Morgan fingerprint density at radius 2 is 1.88 bits per heavy atom. The maximum Gasteiger partial charge on any atom is 0.224 e. The number of rotatable bonds is 9. The second kappa shape index (κ2) is 9.69. The molecule has 0 saturated carbocycles. The number of carbonyl (C=O) groups is 1. The van der Waals surface area contributed by atoms with Crippen LogP contribution in [0.1, 0.15) is 18.9 Å². The van der Waals surface area contributed by atoms with Crippen molar-refractivity contribution in [2.24, 2.45) is 0 Å². The first-order valence-corrected chi connectivity index (χ1v) is 8.56. The number of amides is 1. The van der Waals surface area contributed by atoms with Crippen molar-refractivity contribution in [3.05, 3.63) is 54.1 Å². The molecule has 0 aromatic heterocycles. The molecule has 0 atom stereocenters. The second-order valence-electron chi connectivity index (χ2n) is 5.78. The first-order valence-electron chi connectivity index (χ1n) is 8.56. The number of aliphatic hydroxyl groups is 1. The van der Waals surface area contributed by atoms with Gasteiger partial charge >= 0.3 is 0 Å². The van der Waals surface area contributed by atoms with Crippen LogP contribution in [-0.2, 0) is 11.2 Å². The van der Waals surface area contributed by atoms with Crippen molar-refractivity contribution in [3.63, 3.8) is 0 Å². The Bertz CT molecular complexity index is 671. The van der Waals surface area contributed by atoms with E-state index in [-0.39, 0.29) is 12.5 Å². The Hall–Kier alpha value is -2.53. The number of ether oxygens (including phenoxy) is 1. The molecule has 134 valence electrons. The molecule has 0 saturated heterocycles. The number of nitrogens with one attached hydrogen (secondary N) is 1. The number of hydrogen-bond acceptors (Lipinski definition) is 4. The van der Waals surface area contributed by atoms with Gasteiger partial charge in [-0.05, 0) is 49.2 Å². The third-order valence-corrected chi connectivity index (χ3v) is 3.92. The number of para-hydroxylation sites is 1. The van der Waals surface area contributed by atoms with Crippen LogP contribution < -0.4 is 15.0 Å². The summed E-state index contributed by atoms with van der Waals surface area (Å²) in [6.07, 6.45) is 1.04. The van der Waals surface area contributed by atoms with Crippen molar-refractivity contribution < 1.29 is 14.6 Å². The highest BCUT2D eigenvalue weighted by Crippen LogP contribution is 2.20. The molecular weight excluding hydrogens is 316 g/mol. The Balaban J connectivity index is 1.88. The number of hydrogen-bond donors (Lipinski definition) is 2. The molecule has 2 N–H and O–H groups in total. The Labute approximate surface area is 149 Å². The van der Waals surface area contributed by atoms with Crippen LogP contribution in [0.5, 0.6) is 5.75 Å². The molecule has 2 aromatic rings. The number of aryl methyl sites for hydroxylation is 1. The monoisotopic (exact) mass is 342 g/mol. The fraction of sp³-hybridized carbons (Fsp3) is 0.350. The number of benzene rings is 2. The molecule has 0 aliphatic carbocycles. The van der Waals surface area contributed by atoms with Crippen molar-refractivity contribution >= 4 is 17.3 Å². The van der Waals surface area contributed by atoms with E-state index in [2.05, 4.69) is 5.32 Å². The summed E-state index contributed by atoms with van der Waals surface area (Å²) in [5.41, 5.74) is 2.81. The standard InChI is InChI=1S/C20H26N2O3/c1-3-25-19-7-5-4-6-16(19)8-13-20(24)21-17-9-11-18(12-10-17)22(2)14-15-23/h4-7,9-12,23H,3,8,13-15H2,1-2H3,(H,21,24). The lowest BCUT2D eigenvalue weighted by atomic mass is 10.1. The molecule has 2 rings (SSSR count). The van der Waals surface area contributed by atoms with Crippen LogP contribution in [0.4, 0.5) is 11.4 Å². The van der Waals surface area contributed by atoms with Crippen LogP contribution in [0.2, 0.25) is 0 Å². The molecule has 0 fully saturated rings. The Morgan fingerprint density at radius 1 is 1.16 bits per heavy atom. The van der Waals surface area contributed by atoms with Crippen LogP contribution in [0, 0.1) is 0 Å². The number of anilines is 2. The van der Waals surface area contributed by atoms with E-state index in [1.807, 2.05) is 67.4 Å². The Morgan fingerprint density at radius 3 is 2.56 bits per heavy atom. The van der Waals surface area contributed by atoms with Gasteiger partial charge in [-0.25, -0.2) is 0 Å². The predicted octanol–water partition coefficient (Wildman–Crippen LogP) is 3.09. The van der Waals surface area contributed by atoms with Crippen LogP contribution in [0.3, 0.4) is 0 Å². The van der Waals surface area contributed by atoms with Crippen LogP contribution >= 0.6 is 0 Å². The van der Waals surface area contributed by atoms with E-state index in [0.717, 1.165) is 22.7 Å². The van der Waals surface area contributed by atoms with Gasteiger partial charge < -0.3 is 20.1 Å². The quantitative estimate of drug-likeness (QED) is 0.735. The SMILES string of the molecule is CCOc1ccccc1CCC(=O)Nc1ccc(N(C)CCO)cc1. The fourth-order valence-electron chi connectivity index (χ4n) is 2.56. The van der Waals surface area contributed by atoms with E-state index in [1.165, 1.54) is 0 Å². The predicted molar refractivity (Wildman–Crippen MR) is 101 cm³/mol. The van der Waals surface area contributed by atoms with Crippen molar-refractivity contribution in [1.29, 1.82) is 0 Å². The average molecular weight is 342 g/mol. The van der Waals surface area contributed by atoms with Crippen LogP contribution in [-0.4, -0.2) is 37.8 Å². The molecular formula is C20H26N2O3. The lowest BCUT2D eigenvalue weighted by Crippen LogP contribution is -2.21. The van der Waals surface area contributed by atoms with Gasteiger partial charge in [0.1, 0.15) is 5.75 Å². The molecule has 5 nitrogen and oxygen atoms in total. The van der Waals surface area contributed by atoms with Crippen LogP contribution in [0.15, 0.2) is 48.5 Å². The number of likely N-dealkylation sites (N-methyl/N-ethyl adjacent to an activating group) is 1. The van der Waals surface area contributed by atoms with E-state index in [1.54, 1.807) is 0 Å². The third-order valence-electron chi connectivity index (χ3n) is 3.92. The second-order valence-corrected chi connectivity index (χ2v) is 5.78. The molecule has 0 bridgehead atoms. The molecule has 2 aromatic carbocycles. The van der Waals surface area contributed by atoms with Gasteiger partial charge in [0.05, 0.1) is 13.2 Å². The van der Waals surface area contributed by atoms with Gasteiger partial charge in [0.25, 0.3) is 0 Å². The molecule has 0 heterocycles. The van der Waals surface area contributed by atoms with Crippen molar-refractivity contribution in [2.45, 2.75) is 19.8 Å². The lowest BCUT2D eigenvalue weighted by Gasteiger charge is -2.18. The maximum absolute atomic E-state index is 12.2. The lowest BCUT2D eigenvalue weighted by molar-refractivity contribution is -0.116. The van der Waals surface area contributed by atoms with E-state index in [0.29, 0.717) is 26.0 Å². The zero-order valence-corrected chi connectivity index (χ0v) is 14.9. The molecule has 5 heteroatoms. The first kappa shape index (κ1) is 18.8. The van der Waals surface area contributed by atoms with Gasteiger partial charge in [-0.3, -0.25) is 4.79 Å². The fourth-order valence-corrected chi connectivity index (χ4v) is 2.56. The first-order chi connectivity index (χ1) is 12.1. The highest BCUT2D eigenvalue weighted by molar-refractivity contribution is 5.91. The highest BCUT2D eigenvalue weighted by Gasteiger charge is 2.07. The number of aliphatic hydroxyl groups excluding tert-OH is 1. The number of carbonyl (C=O) groups excluding carboxylic acids is 1.